The normalized spacial score (nSPS) is 10.1. The second-order valence-electron chi connectivity index (χ2n) is 3.32. The number of rotatable bonds is 4. The summed E-state index contributed by atoms with van der Waals surface area (Å²) in [6.45, 7) is 1.30. The van der Waals surface area contributed by atoms with E-state index in [9.17, 15) is 23.7 Å². The summed E-state index contributed by atoms with van der Waals surface area (Å²) in [7, 11) is 0. The van der Waals surface area contributed by atoms with E-state index in [1.54, 1.807) is 0 Å². The van der Waals surface area contributed by atoms with Gasteiger partial charge in [0.25, 0.3) is 6.43 Å². The highest BCUT2D eigenvalue weighted by molar-refractivity contribution is 5.97. The Balaban J connectivity index is 3.64. The molecule has 0 atom stereocenters. The molecule has 6 nitrogen and oxygen atoms in total. The number of halogens is 2. The Morgan fingerprint density at radius 2 is 2.21 bits per heavy atom. The van der Waals surface area contributed by atoms with E-state index in [0.29, 0.717) is 0 Å². The lowest BCUT2D eigenvalue weighted by molar-refractivity contribution is -0.385. The standard InChI is InChI=1S/C11H8F2N2O4/c1-2-19-11(16)8-7(10(12)13)4-3-6(5-14)9(8)15(17)18/h3-4,10H,2H2,1H3. The molecule has 100 valence electrons. The second-order valence-corrected chi connectivity index (χ2v) is 3.32. The van der Waals surface area contributed by atoms with E-state index < -0.39 is 39.7 Å². The number of nitro benzene ring substituents is 1. The van der Waals surface area contributed by atoms with Crippen molar-refractivity contribution in [1.29, 1.82) is 5.26 Å². The number of esters is 1. The molecule has 0 fully saturated rings. The van der Waals surface area contributed by atoms with Gasteiger partial charge < -0.3 is 4.74 Å². The molecule has 0 saturated heterocycles. The molecular formula is C11H8F2N2O4. The molecule has 0 bridgehead atoms. The minimum absolute atomic E-state index is 0.130. The highest BCUT2D eigenvalue weighted by Gasteiger charge is 2.32. The van der Waals surface area contributed by atoms with Crippen LogP contribution in [0.1, 0.15) is 34.8 Å². The summed E-state index contributed by atoms with van der Waals surface area (Å²) in [5.41, 5.74) is -3.14. The molecular weight excluding hydrogens is 262 g/mol. The average Bonchev–Trinajstić information content (AvgIpc) is 2.36. The van der Waals surface area contributed by atoms with Crippen molar-refractivity contribution in [2.45, 2.75) is 13.3 Å². The fourth-order valence-electron chi connectivity index (χ4n) is 1.49. The third kappa shape index (κ3) is 2.82. The number of carbonyl (C=O) groups excluding carboxylic acids is 1. The number of nitro groups is 1. The van der Waals surface area contributed by atoms with Gasteiger partial charge in [-0.25, -0.2) is 13.6 Å². The van der Waals surface area contributed by atoms with Gasteiger partial charge in [0.15, 0.2) is 0 Å². The molecule has 0 heterocycles. The first kappa shape index (κ1) is 14.5. The van der Waals surface area contributed by atoms with E-state index >= 15 is 0 Å². The van der Waals surface area contributed by atoms with Gasteiger partial charge >= 0.3 is 11.7 Å². The molecule has 19 heavy (non-hydrogen) atoms. The van der Waals surface area contributed by atoms with Crippen LogP contribution in [0.3, 0.4) is 0 Å². The van der Waals surface area contributed by atoms with E-state index in [1.807, 2.05) is 0 Å². The van der Waals surface area contributed by atoms with Crippen LogP contribution in [0, 0.1) is 21.4 Å². The van der Waals surface area contributed by atoms with Crippen LogP contribution in [0.4, 0.5) is 14.5 Å². The molecule has 0 saturated carbocycles. The molecule has 0 spiro atoms. The van der Waals surface area contributed by atoms with Crippen molar-refractivity contribution in [2.24, 2.45) is 0 Å². The zero-order valence-corrected chi connectivity index (χ0v) is 9.72. The fourth-order valence-corrected chi connectivity index (χ4v) is 1.49. The minimum Gasteiger partial charge on any atom is -0.462 e. The predicted molar refractivity (Wildman–Crippen MR) is 58.7 cm³/mol. The van der Waals surface area contributed by atoms with E-state index in [2.05, 4.69) is 4.74 Å². The van der Waals surface area contributed by atoms with Gasteiger partial charge in [-0.1, -0.05) is 6.07 Å². The topological polar surface area (TPSA) is 93.2 Å². The van der Waals surface area contributed by atoms with Crippen molar-refractivity contribution in [3.8, 4) is 6.07 Å². The third-order valence-corrected chi connectivity index (χ3v) is 2.23. The summed E-state index contributed by atoms with van der Waals surface area (Å²) in [6.07, 6.45) is -3.09. The van der Waals surface area contributed by atoms with Gasteiger partial charge in [-0.15, -0.1) is 0 Å². The van der Waals surface area contributed by atoms with Gasteiger partial charge in [-0.3, -0.25) is 10.1 Å². The Kier molecular flexibility index (Phi) is 4.47. The summed E-state index contributed by atoms with van der Waals surface area (Å²) in [5, 5.41) is 19.6. The van der Waals surface area contributed by atoms with Gasteiger partial charge in [0.1, 0.15) is 17.2 Å². The van der Waals surface area contributed by atoms with Crippen molar-refractivity contribution in [1.82, 2.24) is 0 Å². The summed E-state index contributed by atoms with van der Waals surface area (Å²) >= 11 is 0. The lowest BCUT2D eigenvalue weighted by atomic mass is 10.0. The highest BCUT2D eigenvalue weighted by Crippen LogP contribution is 2.33. The van der Waals surface area contributed by atoms with Gasteiger partial charge in [-0.05, 0) is 13.0 Å². The van der Waals surface area contributed by atoms with Crippen LogP contribution >= 0.6 is 0 Å². The molecule has 0 aliphatic heterocycles. The summed E-state index contributed by atoms with van der Waals surface area (Å²) in [6, 6.07) is 3.17. The smallest absolute Gasteiger partial charge is 0.345 e. The monoisotopic (exact) mass is 270 g/mol. The fraction of sp³-hybridized carbons (Fsp3) is 0.273. The Hall–Kier alpha value is -2.56. The maximum atomic E-state index is 12.8. The van der Waals surface area contributed by atoms with Crippen molar-refractivity contribution >= 4 is 11.7 Å². The molecule has 0 N–H and O–H groups in total. The van der Waals surface area contributed by atoms with Crippen LogP contribution < -0.4 is 0 Å². The lowest BCUT2D eigenvalue weighted by Gasteiger charge is -2.09. The maximum absolute atomic E-state index is 12.8. The number of nitrogens with zero attached hydrogens (tertiary/aromatic N) is 2. The molecule has 0 amide bonds. The predicted octanol–water partition coefficient (Wildman–Crippen LogP) is 2.58. The molecule has 1 rings (SSSR count). The zero-order valence-electron chi connectivity index (χ0n) is 9.72. The number of hydrogen-bond acceptors (Lipinski definition) is 5. The van der Waals surface area contributed by atoms with Gasteiger partial charge in [0.05, 0.1) is 11.5 Å². The molecule has 0 aliphatic rings. The summed E-state index contributed by atoms with van der Waals surface area (Å²) < 4.78 is 30.1. The van der Waals surface area contributed by atoms with Crippen molar-refractivity contribution in [2.75, 3.05) is 6.61 Å². The van der Waals surface area contributed by atoms with Crippen molar-refractivity contribution in [3.05, 3.63) is 38.9 Å². The highest BCUT2D eigenvalue weighted by atomic mass is 19.3. The number of ether oxygens (including phenoxy) is 1. The first-order valence-corrected chi connectivity index (χ1v) is 5.10. The minimum atomic E-state index is -3.09. The molecule has 0 aromatic heterocycles. The molecule has 0 unspecified atom stereocenters. The molecule has 8 heteroatoms. The van der Waals surface area contributed by atoms with Crippen LogP contribution in [0.5, 0.6) is 0 Å². The van der Waals surface area contributed by atoms with Crippen LogP contribution in [0.25, 0.3) is 0 Å². The Morgan fingerprint density at radius 3 is 2.63 bits per heavy atom. The molecule has 0 aliphatic carbocycles. The van der Waals surface area contributed by atoms with Crippen molar-refractivity contribution in [3.63, 3.8) is 0 Å². The number of alkyl halides is 2. The maximum Gasteiger partial charge on any atom is 0.345 e. The van der Waals surface area contributed by atoms with E-state index in [4.69, 9.17) is 5.26 Å². The first-order chi connectivity index (χ1) is 8.93. The van der Waals surface area contributed by atoms with E-state index in [1.165, 1.54) is 13.0 Å². The Morgan fingerprint density at radius 1 is 1.58 bits per heavy atom. The number of carbonyl (C=O) groups is 1. The molecule has 0 radical (unpaired) electrons. The van der Waals surface area contributed by atoms with Crippen LogP contribution in [0.2, 0.25) is 0 Å². The summed E-state index contributed by atoms with van der Waals surface area (Å²) in [5.74, 6) is -1.25. The summed E-state index contributed by atoms with van der Waals surface area (Å²) in [4.78, 5) is 21.4. The van der Waals surface area contributed by atoms with E-state index in [0.717, 1.165) is 12.1 Å². The SMILES string of the molecule is CCOC(=O)c1c(C(F)F)ccc(C#N)c1[N+](=O)[O-]. The number of benzene rings is 1. The second kappa shape index (κ2) is 5.86. The zero-order chi connectivity index (χ0) is 14.6. The number of nitriles is 1. The Labute approximate surface area is 106 Å². The lowest BCUT2D eigenvalue weighted by Crippen LogP contribution is -2.13. The molecule has 1 aromatic carbocycles. The van der Waals surface area contributed by atoms with E-state index in [-0.39, 0.29) is 6.61 Å². The quantitative estimate of drug-likeness (QED) is 0.476. The van der Waals surface area contributed by atoms with Crippen LogP contribution in [0.15, 0.2) is 12.1 Å². The average molecular weight is 270 g/mol. The van der Waals surface area contributed by atoms with Crippen molar-refractivity contribution < 1.29 is 23.2 Å². The Bertz CT molecular complexity index is 567. The largest absolute Gasteiger partial charge is 0.462 e. The van der Waals surface area contributed by atoms with Gasteiger partial charge in [0.2, 0.25) is 0 Å². The molecule has 1 aromatic rings. The van der Waals surface area contributed by atoms with Crippen LogP contribution in [-0.2, 0) is 4.74 Å². The first-order valence-electron chi connectivity index (χ1n) is 5.10. The van der Waals surface area contributed by atoms with Gasteiger partial charge in [-0.2, -0.15) is 5.26 Å². The van der Waals surface area contributed by atoms with Gasteiger partial charge in [0, 0.05) is 5.56 Å². The number of hydrogen-bond donors (Lipinski definition) is 0. The third-order valence-electron chi connectivity index (χ3n) is 2.23. The van der Waals surface area contributed by atoms with Crippen LogP contribution in [-0.4, -0.2) is 17.5 Å².